The van der Waals surface area contributed by atoms with Crippen molar-refractivity contribution in [2.45, 2.75) is 32.1 Å². The Labute approximate surface area is 185 Å². The minimum atomic E-state index is -0.161. The van der Waals surface area contributed by atoms with E-state index in [0.29, 0.717) is 31.1 Å². The van der Waals surface area contributed by atoms with Crippen molar-refractivity contribution in [3.05, 3.63) is 77.5 Å². The molecule has 1 aromatic carbocycles. The number of carbonyl (C=O) groups is 1. The molecule has 1 aliphatic rings. The van der Waals surface area contributed by atoms with Gasteiger partial charge < -0.3 is 13.8 Å². The van der Waals surface area contributed by atoms with Crippen LogP contribution in [-0.2, 0) is 13.5 Å². The van der Waals surface area contributed by atoms with E-state index in [2.05, 4.69) is 27.4 Å². The van der Waals surface area contributed by atoms with Crippen molar-refractivity contribution in [1.29, 1.82) is 0 Å². The summed E-state index contributed by atoms with van der Waals surface area (Å²) >= 11 is 0. The highest BCUT2D eigenvalue weighted by Gasteiger charge is 2.30. The van der Waals surface area contributed by atoms with Crippen molar-refractivity contribution in [1.82, 2.24) is 24.8 Å². The number of carbonyl (C=O) groups excluding carboxylic acids is 1. The molecule has 8 nitrogen and oxygen atoms in total. The first-order valence-electron chi connectivity index (χ1n) is 10.8. The van der Waals surface area contributed by atoms with Crippen molar-refractivity contribution < 1.29 is 13.7 Å². The van der Waals surface area contributed by atoms with Crippen molar-refractivity contribution in [2.24, 2.45) is 7.05 Å². The van der Waals surface area contributed by atoms with E-state index in [0.717, 1.165) is 29.9 Å². The number of hydrogen-bond donors (Lipinski definition) is 0. The lowest BCUT2D eigenvalue weighted by molar-refractivity contribution is 0.0656. The molecule has 1 fully saturated rings. The predicted molar refractivity (Wildman–Crippen MR) is 117 cm³/mol. The van der Waals surface area contributed by atoms with Gasteiger partial charge in [-0.05, 0) is 25.3 Å². The Kier molecular flexibility index (Phi) is 5.34. The van der Waals surface area contributed by atoms with E-state index in [1.165, 1.54) is 5.56 Å². The first kappa shape index (κ1) is 20.2. The molecule has 0 radical (unpaired) electrons. The molecule has 4 aromatic rings. The third-order valence-electron chi connectivity index (χ3n) is 5.86. The topological polar surface area (TPSA) is 90.2 Å². The zero-order valence-corrected chi connectivity index (χ0v) is 18.2. The molecule has 32 heavy (non-hydrogen) atoms. The van der Waals surface area contributed by atoms with E-state index in [1.54, 1.807) is 21.8 Å². The van der Waals surface area contributed by atoms with E-state index >= 15 is 0 Å². The fourth-order valence-corrected chi connectivity index (χ4v) is 4.26. The van der Waals surface area contributed by atoms with Gasteiger partial charge in [-0.1, -0.05) is 35.5 Å². The number of benzene rings is 1. The molecule has 0 saturated carbocycles. The standard InChI is InChI=1S/C24H25N5O3/c1-16-20(15-28(2)26-16)21-12-22(32-27-21)24(30)29-10-6-9-18(14-29)23-25-13-19(31-23)11-17-7-4-3-5-8-17/h3-5,7-8,12-13,15,18H,6,9-11,14H2,1-2H3/t18-/m1/s1. The van der Waals surface area contributed by atoms with Gasteiger partial charge in [0.15, 0.2) is 5.89 Å². The smallest absolute Gasteiger partial charge is 0.292 e. The third-order valence-corrected chi connectivity index (χ3v) is 5.86. The van der Waals surface area contributed by atoms with Crippen LogP contribution in [0.4, 0.5) is 0 Å². The predicted octanol–water partition coefficient (Wildman–Crippen LogP) is 3.98. The summed E-state index contributed by atoms with van der Waals surface area (Å²) in [6.45, 7) is 3.13. The summed E-state index contributed by atoms with van der Waals surface area (Å²) in [7, 11) is 1.85. The normalized spacial score (nSPS) is 16.4. The number of aromatic nitrogens is 4. The van der Waals surface area contributed by atoms with E-state index in [4.69, 9.17) is 8.94 Å². The second-order valence-corrected chi connectivity index (χ2v) is 8.30. The van der Waals surface area contributed by atoms with Gasteiger partial charge in [-0.15, -0.1) is 0 Å². The molecule has 0 bridgehead atoms. The van der Waals surface area contributed by atoms with Crippen molar-refractivity contribution in [3.63, 3.8) is 0 Å². The summed E-state index contributed by atoms with van der Waals surface area (Å²) in [6.07, 6.45) is 6.19. The number of hydrogen-bond acceptors (Lipinski definition) is 6. The van der Waals surface area contributed by atoms with E-state index < -0.39 is 0 Å². The quantitative estimate of drug-likeness (QED) is 0.475. The maximum absolute atomic E-state index is 13.1. The van der Waals surface area contributed by atoms with Crippen LogP contribution in [0.5, 0.6) is 0 Å². The summed E-state index contributed by atoms with van der Waals surface area (Å²) in [5.41, 5.74) is 3.50. The number of piperidine rings is 1. The second-order valence-electron chi connectivity index (χ2n) is 8.30. The average molecular weight is 431 g/mol. The van der Waals surface area contributed by atoms with Crippen LogP contribution in [0.25, 0.3) is 11.3 Å². The monoisotopic (exact) mass is 431 g/mol. The summed E-state index contributed by atoms with van der Waals surface area (Å²) in [5, 5.41) is 8.42. The molecule has 1 amide bonds. The second kappa shape index (κ2) is 8.45. The van der Waals surface area contributed by atoms with Crippen LogP contribution < -0.4 is 0 Å². The molecule has 1 aliphatic heterocycles. The molecule has 1 atom stereocenters. The number of amides is 1. The number of aryl methyl sites for hydroxylation is 2. The van der Waals surface area contributed by atoms with E-state index in [9.17, 15) is 4.79 Å². The fraction of sp³-hybridized carbons (Fsp3) is 0.333. The molecule has 0 unspecified atom stereocenters. The highest BCUT2D eigenvalue weighted by Crippen LogP contribution is 2.29. The average Bonchev–Trinajstić information content (AvgIpc) is 3.54. The van der Waals surface area contributed by atoms with Gasteiger partial charge in [-0.25, -0.2) is 4.98 Å². The Balaban J connectivity index is 1.27. The van der Waals surface area contributed by atoms with Crippen LogP contribution in [-0.4, -0.2) is 43.8 Å². The molecule has 164 valence electrons. The maximum atomic E-state index is 13.1. The Hall–Kier alpha value is -3.68. The summed E-state index contributed by atoms with van der Waals surface area (Å²) in [4.78, 5) is 19.4. The molecular weight excluding hydrogens is 406 g/mol. The first-order chi connectivity index (χ1) is 15.6. The zero-order chi connectivity index (χ0) is 22.1. The van der Waals surface area contributed by atoms with Gasteiger partial charge in [0.05, 0.1) is 17.8 Å². The Bertz CT molecular complexity index is 1220. The highest BCUT2D eigenvalue weighted by atomic mass is 16.5. The third kappa shape index (κ3) is 4.08. The van der Waals surface area contributed by atoms with Crippen molar-refractivity contribution in [2.75, 3.05) is 13.1 Å². The number of nitrogens with zero attached hydrogens (tertiary/aromatic N) is 5. The lowest BCUT2D eigenvalue weighted by Crippen LogP contribution is -2.39. The van der Waals surface area contributed by atoms with Gasteiger partial charge in [0.2, 0.25) is 5.76 Å². The van der Waals surface area contributed by atoms with Crippen LogP contribution in [0.2, 0.25) is 0 Å². The minimum absolute atomic E-state index is 0.0696. The lowest BCUT2D eigenvalue weighted by Gasteiger charge is -2.30. The molecule has 0 N–H and O–H groups in total. The molecule has 0 spiro atoms. The van der Waals surface area contributed by atoms with Gasteiger partial charge in [0, 0.05) is 44.4 Å². The number of rotatable bonds is 5. The molecule has 8 heteroatoms. The fourth-order valence-electron chi connectivity index (χ4n) is 4.26. The van der Waals surface area contributed by atoms with Crippen molar-refractivity contribution in [3.8, 4) is 11.3 Å². The molecule has 3 aromatic heterocycles. The minimum Gasteiger partial charge on any atom is -0.445 e. The molecular formula is C24H25N5O3. The Morgan fingerprint density at radius 2 is 2.09 bits per heavy atom. The molecule has 5 rings (SSSR count). The van der Waals surface area contributed by atoms with Gasteiger partial charge in [-0.3, -0.25) is 9.48 Å². The van der Waals surface area contributed by atoms with Crippen LogP contribution in [0, 0.1) is 6.92 Å². The molecule has 4 heterocycles. The lowest BCUT2D eigenvalue weighted by atomic mass is 9.98. The van der Waals surface area contributed by atoms with Crippen LogP contribution in [0.1, 0.15) is 52.2 Å². The van der Waals surface area contributed by atoms with Gasteiger partial charge in [0.25, 0.3) is 5.91 Å². The Morgan fingerprint density at radius 3 is 2.88 bits per heavy atom. The zero-order valence-electron chi connectivity index (χ0n) is 18.2. The number of likely N-dealkylation sites (tertiary alicyclic amines) is 1. The van der Waals surface area contributed by atoms with E-state index in [1.807, 2.05) is 38.4 Å². The Morgan fingerprint density at radius 1 is 1.25 bits per heavy atom. The van der Waals surface area contributed by atoms with Crippen molar-refractivity contribution >= 4 is 5.91 Å². The van der Waals surface area contributed by atoms with Crippen LogP contribution in [0.15, 0.2) is 57.7 Å². The highest BCUT2D eigenvalue weighted by molar-refractivity contribution is 5.92. The number of oxazole rings is 1. The van der Waals surface area contributed by atoms with Gasteiger partial charge in [0.1, 0.15) is 11.5 Å². The first-order valence-corrected chi connectivity index (χ1v) is 10.8. The van der Waals surface area contributed by atoms with Crippen LogP contribution >= 0.6 is 0 Å². The van der Waals surface area contributed by atoms with Gasteiger partial charge >= 0.3 is 0 Å². The van der Waals surface area contributed by atoms with Crippen LogP contribution in [0.3, 0.4) is 0 Å². The maximum Gasteiger partial charge on any atom is 0.292 e. The van der Waals surface area contributed by atoms with E-state index in [-0.39, 0.29) is 17.6 Å². The summed E-state index contributed by atoms with van der Waals surface area (Å²) < 4.78 is 13.2. The summed E-state index contributed by atoms with van der Waals surface area (Å²) in [6, 6.07) is 11.9. The molecule has 1 saturated heterocycles. The summed E-state index contributed by atoms with van der Waals surface area (Å²) in [5.74, 6) is 1.67. The molecule has 0 aliphatic carbocycles. The van der Waals surface area contributed by atoms with Gasteiger partial charge in [-0.2, -0.15) is 5.10 Å². The largest absolute Gasteiger partial charge is 0.445 e. The SMILES string of the molecule is Cc1nn(C)cc1-c1cc(C(=O)N2CCC[C@@H](c3ncc(Cc4ccccc4)o3)C2)on1.